The highest BCUT2D eigenvalue weighted by atomic mass is 19.1. The molecule has 1 atom stereocenters. The van der Waals surface area contributed by atoms with Crippen LogP contribution in [0.15, 0.2) is 30.5 Å². The van der Waals surface area contributed by atoms with Crippen LogP contribution in [0.5, 0.6) is 0 Å². The van der Waals surface area contributed by atoms with Gasteiger partial charge in [-0.1, -0.05) is 12.1 Å². The number of hydrogen-bond donors (Lipinski definition) is 2. The molecule has 1 aliphatic heterocycles. The normalized spacial score (nSPS) is 16.7. The molecule has 0 unspecified atom stereocenters. The van der Waals surface area contributed by atoms with Crippen molar-refractivity contribution < 1.29 is 9.50 Å². The zero-order valence-electron chi connectivity index (χ0n) is 16.5. The van der Waals surface area contributed by atoms with Gasteiger partial charge in [0.1, 0.15) is 11.6 Å². The molecule has 2 aromatic heterocycles. The van der Waals surface area contributed by atoms with E-state index in [2.05, 4.69) is 20.5 Å². The third kappa shape index (κ3) is 3.38. The number of pyridine rings is 1. The lowest BCUT2D eigenvalue weighted by atomic mass is 9.97. The molecule has 0 saturated carbocycles. The maximum atomic E-state index is 14.4. The maximum Gasteiger partial charge on any atom is 0.157 e. The highest BCUT2D eigenvalue weighted by molar-refractivity contribution is 5.94. The third-order valence-corrected chi connectivity index (χ3v) is 5.20. The Kier molecular flexibility index (Phi) is 4.42. The van der Waals surface area contributed by atoms with Gasteiger partial charge in [-0.2, -0.15) is 5.10 Å². The Hall–Kier alpha value is -2.80. The predicted octanol–water partition coefficient (Wildman–Crippen LogP) is 3.52. The zero-order valence-corrected chi connectivity index (χ0v) is 16.5. The van der Waals surface area contributed by atoms with E-state index in [0.717, 1.165) is 27.8 Å². The number of β-amino-alcohol motifs (C(OH)–C–C–N with tert-alkyl or cyclic N) is 1. The summed E-state index contributed by atoms with van der Waals surface area (Å²) in [5, 5.41) is 23.6. The van der Waals surface area contributed by atoms with Gasteiger partial charge < -0.3 is 15.3 Å². The third-order valence-electron chi connectivity index (χ3n) is 5.20. The Morgan fingerprint density at radius 1 is 1.18 bits per heavy atom. The van der Waals surface area contributed by atoms with E-state index < -0.39 is 5.60 Å². The highest BCUT2D eigenvalue weighted by Gasteiger charge is 2.37. The monoisotopic (exact) mass is 381 g/mol. The van der Waals surface area contributed by atoms with Crippen molar-refractivity contribution in [3.63, 3.8) is 0 Å². The molecule has 3 heterocycles. The van der Waals surface area contributed by atoms with Gasteiger partial charge in [0.15, 0.2) is 5.82 Å². The summed E-state index contributed by atoms with van der Waals surface area (Å²) in [4.78, 5) is 6.53. The Bertz CT molecular complexity index is 1040. The molecule has 4 rings (SSSR count). The van der Waals surface area contributed by atoms with E-state index in [1.54, 1.807) is 12.3 Å². The first-order chi connectivity index (χ1) is 13.2. The second kappa shape index (κ2) is 6.67. The molecule has 2 N–H and O–H groups in total. The molecule has 6 nitrogen and oxygen atoms in total. The van der Waals surface area contributed by atoms with Crippen LogP contribution < -0.4 is 10.2 Å². The molecule has 3 aromatic rings. The summed E-state index contributed by atoms with van der Waals surface area (Å²) in [6, 6.07) is 6.90. The summed E-state index contributed by atoms with van der Waals surface area (Å²) in [5.41, 5.74) is 1.57. The largest absolute Gasteiger partial charge is 0.386 e. The van der Waals surface area contributed by atoms with Crippen molar-refractivity contribution in [2.75, 3.05) is 23.3 Å². The fraction of sp³-hybridized carbons (Fsp3) is 0.381. The van der Waals surface area contributed by atoms with Gasteiger partial charge in [-0.05, 0) is 45.4 Å². The Balaban J connectivity index is 1.69. The number of aromatic nitrogens is 3. The molecule has 146 valence electrons. The van der Waals surface area contributed by atoms with Crippen LogP contribution in [0.2, 0.25) is 0 Å². The van der Waals surface area contributed by atoms with Crippen LogP contribution in [0, 0.1) is 19.7 Å². The van der Waals surface area contributed by atoms with E-state index in [1.165, 1.54) is 6.07 Å². The number of nitrogens with zero attached hydrogens (tertiary/aromatic N) is 4. The van der Waals surface area contributed by atoms with Crippen LogP contribution in [0.25, 0.3) is 10.8 Å². The lowest BCUT2D eigenvalue weighted by molar-refractivity contribution is 0.0305. The molecule has 0 aliphatic carbocycles. The van der Waals surface area contributed by atoms with Crippen molar-refractivity contribution >= 4 is 22.4 Å². The van der Waals surface area contributed by atoms with E-state index in [1.807, 2.05) is 44.7 Å². The van der Waals surface area contributed by atoms with Crippen molar-refractivity contribution in [1.29, 1.82) is 0 Å². The average Bonchev–Trinajstić information content (AvgIpc) is 2.61. The molecule has 0 spiro atoms. The molecule has 1 saturated heterocycles. The first-order valence-corrected chi connectivity index (χ1v) is 9.36. The SMILES string of the molecule is Cc1ccc([C@@H](C)Nc2nnc(C)c3cnc(N4CC(C)(O)C4)cc23)c(F)c1. The van der Waals surface area contributed by atoms with Gasteiger partial charge >= 0.3 is 0 Å². The molecule has 0 bridgehead atoms. The minimum Gasteiger partial charge on any atom is -0.386 e. The summed E-state index contributed by atoms with van der Waals surface area (Å²) < 4.78 is 14.4. The highest BCUT2D eigenvalue weighted by Crippen LogP contribution is 2.32. The van der Waals surface area contributed by atoms with Crippen LogP contribution >= 0.6 is 0 Å². The van der Waals surface area contributed by atoms with Crippen LogP contribution in [0.1, 0.15) is 36.7 Å². The Labute approximate surface area is 163 Å². The number of aliphatic hydroxyl groups is 1. The molecule has 1 aromatic carbocycles. The number of aryl methyl sites for hydroxylation is 2. The first-order valence-electron chi connectivity index (χ1n) is 9.36. The second-order valence-electron chi connectivity index (χ2n) is 7.97. The minimum atomic E-state index is -0.679. The van der Waals surface area contributed by atoms with Crippen LogP contribution in [-0.2, 0) is 0 Å². The van der Waals surface area contributed by atoms with Crippen LogP contribution in [-0.4, -0.2) is 39.0 Å². The molecule has 0 radical (unpaired) electrons. The van der Waals surface area contributed by atoms with E-state index in [9.17, 15) is 9.50 Å². The number of anilines is 2. The lowest BCUT2D eigenvalue weighted by Crippen LogP contribution is -2.60. The van der Waals surface area contributed by atoms with Gasteiger partial charge in [0.05, 0.1) is 17.3 Å². The molecule has 1 aliphatic rings. The summed E-state index contributed by atoms with van der Waals surface area (Å²) in [6.45, 7) is 8.54. The Morgan fingerprint density at radius 2 is 1.93 bits per heavy atom. The molecule has 28 heavy (non-hydrogen) atoms. The zero-order chi connectivity index (χ0) is 20.1. The van der Waals surface area contributed by atoms with Gasteiger partial charge in [-0.3, -0.25) is 0 Å². The summed E-state index contributed by atoms with van der Waals surface area (Å²) in [7, 11) is 0. The molecule has 7 heteroatoms. The number of hydrogen-bond acceptors (Lipinski definition) is 6. The number of halogens is 1. The lowest BCUT2D eigenvalue weighted by Gasteiger charge is -2.45. The molecule has 1 fully saturated rings. The molecular formula is C21H24FN5O. The summed E-state index contributed by atoms with van der Waals surface area (Å²) in [6.07, 6.45) is 1.78. The topological polar surface area (TPSA) is 74.2 Å². The van der Waals surface area contributed by atoms with Gasteiger partial charge in [0, 0.05) is 35.6 Å². The first kappa shape index (κ1) is 18.6. The quantitative estimate of drug-likeness (QED) is 0.720. The molecule has 0 amide bonds. The molecular weight excluding hydrogens is 357 g/mol. The van der Waals surface area contributed by atoms with Gasteiger partial charge in [-0.15, -0.1) is 5.10 Å². The number of nitrogens with one attached hydrogen (secondary N) is 1. The smallest absolute Gasteiger partial charge is 0.157 e. The fourth-order valence-electron chi connectivity index (χ4n) is 3.65. The summed E-state index contributed by atoms with van der Waals surface area (Å²) in [5.74, 6) is 1.13. The van der Waals surface area contributed by atoms with E-state index in [4.69, 9.17) is 0 Å². The number of benzene rings is 1. The van der Waals surface area contributed by atoms with Crippen LogP contribution in [0.3, 0.4) is 0 Å². The van der Waals surface area contributed by atoms with Crippen LogP contribution in [0.4, 0.5) is 16.0 Å². The van der Waals surface area contributed by atoms with Crippen molar-refractivity contribution in [3.05, 3.63) is 53.1 Å². The van der Waals surface area contributed by atoms with Crippen molar-refractivity contribution in [3.8, 4) is 0 Å². The Morgan fingerprint density at radius 3 is 2.61 bits per heavy atom. The minimum absolute atomic E-state index is 0.241. The van der Waals surface area contributed by atoms with E-state index in [0.29, 0.717) is 24.5 Å². The standard InChI is InChI=1S/C21H24FN5O/c1-12-5-6-15(18(22)7-12)13(2)24-20-16-8-19(27-10-21(4,28)11-27)23-9-17(16)14(3)25-26-20/h5-9,13,28H,10-11H2,1-4H3,(H,24,26)/t13-/m1/s1. The number of fused-ring (bicyclic) bond motifs is 1. The van der Waals surface area contributed by atoms with Gasteiger partial charge in [0.25, 0.3) is 0 Å². The van der Waals surface area contributed by atoms with Crippen molar-refractivity contribution in [1.82, 2.24) is 15.2 Å². The average molecular weight is 381 g/mol. The predicted molar refractivity (Wildman–Crippen MR) is 108 cm³/mol. The number of rotatable bonds is 4. The van der Waals surface area contributed by atoms with Crippen molar-refractivity contribution in [2.45, 2.75) is 39.3 Å². The fourth-order valence-corrected chi connectivity index (χ4v) is 3.65. The van der Waals surface area contributed by atoms with E-state index >= 15 is 0 Å². The van der Waals surface area contributed by atoms with Crippen molar-refractivity contribution in [2.24, 2.45) is 0 Å². The second-order valence-corrected chi connectivity index (χ2v) is 7.97. The maximum absolute atomic E-state index is 14.4. The summed E-state index contributed by atoms with van der Waals surface area (Å²) >= 11 is 0. The van der Waals surface area contributed by atoms with Gasteiger partial charge in [0.2, 0.25) is 0 Å². The van der Waals surface area contributed by atoms with E-state index in [-0.39, 0.29) is 11.9 Å². The van der Waals surface area contributed by atoms with Gasteiger partial charge in [-0.25, -0.2) is 9.37 Å².